The number of hydrogen-bond donors (Lipinski definition) is 1. The number of benzene rings is 1. The highest BCUT2D eigenvalue weighted by atomic mass is 16.1. The minimum Gasteiger partial charge on any atom is -0.355 e. The second kappa shape index (κ2) is 3.42. The summed E-state index contributed by atoms with van der Waals surface area (Å²) in [6.07, 6.45) is 1.86. The van der Waals surface area contributed by atoms with Gasteiger partial charge in [0.05, 0.1) is 5.56 Å². The number of hydrogen-bond acceptors (Lipinski definition) is 1. The predicted molar refractivity (Wildman–Crippen MR) is 61.0 cm³/mol. The molecule has 1 N–H and O–H groups in total. The third-order valence-electron chi connectivity index (χ3n) is 2.62. The molecule has 0 aliphatic carbocycles. The molecule has 1 aromatic heterocycles. The zero-order chi connectivity index (χ0) is 11.0. The summed E-state index contributed by atoms with van der Waals surface area (Å²) < 4.78 is 1.97. The number of rotatable bonds is 1. The van der Waals surface area contributed by atoms with E-state index in [0.717, 1.165) is 16.5 Å². The minimum absolute atomic E-state index is 0.0359. The highest BCUT2D eigenvalue weighted by Crippen LogP contribution is 2.21. The van der Waals surface area contributed by atoms with Crippen LogP contribution in [0.4, 0.5) is 0 Å². The largest absolute Gasteiger partial charge is 0.355 e. The normalized spacial score (nSPS) is 10.6. The SMILES string of the molecule is CNC(=O)c1cn(C)c2ccc(C)cc12. The van der Waals surface area contributed by atoms with Gasteiger partial charge in [-0.3, -0.25) is 4.79 Å². The van der Waals surface area contributed by atoms with E-state index in [4.69, 9.17) is 0 Å². The molecule has 1 aromatic carbocycles. The molecule has 0 atom stereocenters. The van der Waals surface area contributed by atoms with Crippen LogP contribution in [0.2, 0.25) is 0 Å². The van der Waals surface area contributed by atoms with E-state index in [1.54, 1.807) is 7.05 Å². The number of carbonyl (C=O) groups excluding carboxylic acids is 1. The Kier molecular flexibility index (Phi) is 2.23. The average molecular weight is 202 g/mol. The van der Waals surface area contributed by atoms with Crippen LogP contribution in [0.15, 0.2) is 24.4 Å². The Morgan fingerprint density at radius 3 is 2.80 bits per heavy atom. The van der Waals surface area contributed by atoms with Crippen molar-refractivity contribution < 1.29 is 4.79 Å². The van der Waals surface area contributed by atoms with E-state index in [1.807, 2.05) is 36.9 Å². The molecule has 0 bridgehead atoms. The number of nitrogens with one attached hydrogen (secondary N) is 1. The van der Waals surface area contributed by atoms with Gasteiger partial charge in [-0.15, -0.1) is 0 Å². The smallest absolute Gasteiger partial charge is 0.253 e. The molecular weight excluding hydrogens is 188 g/mol. The zero-order valence-electron chi connectivity index (χ0n) is 9.16. The molecule has 2 aromatic rings. The maximum Gasteiger partial charge on any atom is 0.253 e. The Morgan fingerprint density at radius 2 is 2.13 bits per heavy atom. The number of fused-ring (bicyclic) bond motifs is 1. The lowest BCUT2D eigenvalue weighted by Gasteiger charge is -1.98. The summed E-state index contributed by atoms with van der Waals surface area (Å²) in [5, 5.41) is 3.66. The topological polar surface area (TPSA) is 34.0 Å². The summed E-state index contributed by atoms with van der Waals surface area (Å²) in [6.45, 7) is 2.03. The Bertz CT molecular complexity index is 526. The van der Waals surface area contributed by atoms with E-state index in [2.05, 4.69) is 11.4 Å². The van der Waals surface area contributed by atoms with Crippen LogP contribution in [0, 0.1) is 6.92 Å². The summed E-state index contributed by atoms with van der Waals surface area (Å²) in [4.78, 5) is 11.6. The highest BCUT2D eigenvalue weighted by Gasteiger charge is 2.11. The van der Waals surface area contributed by atoms with E-state index < -0.39 is 0 Å². The molecule has 0 aliphatic heterocycles. The van der Waals surface area contributed by atoms with Gasteiger partial charge in [0, 0.05) is 31.2 Å². The first kappa shape index (κ1) is 9.77. The molecule has 3 heteroatoms. The molecule has 78 valence electrons. The molecule has 0 fully saturated rings. The van der Waals surface area contributed by atoms with Gasteiger partial charge in [-0.2, -0.15) is 0 Å². The zero-order valence-corrected chi connectivity index (χ0v) is 9.16. The Labute approximate surface area is 88.7 Å². The summed E-state index contributed by atoms with van der Waals surface area (Å²) in [5.41, 5.74) is 2.98. The van der Waals surface area contributed by atoms with Crippen molar-refractivity contribution in [1.29, 1.82) is 0 Å². The lowest BCUT2D eigenvalue weighted by molar-refractivity contribution is 0.0964. The Balaban J connectivity index is 2.75. The Morgan fingerprint density at radius 1 is 1.40 bits per heavy atom. The molecule has 3 nitrogen and oxygen atoms in total. The van der Waals surface area contributed by atoms with Crippen LogP contribution in [-0.4, -0.2) is 17.5 Å². The van der Waals surface area contributed by atoms with E-state index in [0.29, 0.717) is 0 Å². The van der Waals surface area contributed by atoms with Crippen LogP contribution in [0.5, 0.6) is 0 Å². The van der Waals surface area contributed by atoms with Gasteiger partial charge in [0.25, 0.3) is 5.91 Å². The molecule has 2 rings (SSSR count). The second-order valence-corrected chi connectivity index (χ2v) is 3.75. The van der Waals surface area contributed by atoms with Crippen molar-refractivity contribution in [2.45, 2.75) is 6.92 Å². The van der Waals surface area contributed by atoms with E-state index in [9.17, 15) is 4.79 Å². The fraction of sp³-hybridized carbons (Fsp3) is 0.250. The van der Waals surface area contributed by atoms with Crippen molar-refractivity contribution in [3.8, 4) is 0 Å². The molecule has 15 heavy (non-hydrogen) atoms. The number of aryl methyl sites for hydroxylation is 2. The van der Waals surface area contributed by atoms with Crippen molar-refractivity contribution in [1.82, 2.24) is 9.88 Å². The van der Waals surface area contributed by atoms with Gasteiger partial charge in [-0.05, 0) is 19.1 Å². The molecule has 0 radical (unpaired) electrons. The molecule has 1 amide bonds. The number of nitrogens with zero attached hydrogens (tertiary/aromatic N) is 1. The molecule has 0 unspecified atom stereocenters. The van der Waals surface area contributed by atoms with Gasteiger partial charge in [0.1, 0.15) is 0 Å². The first-order chi connectivity index (χ1) is 7.13. The second-order valence-electron chi connectivity index (χ2n) is 3.75. The van der Waals surface area contributed by atoms with E-state index >= 15 is 0 Å². The number of carbonyl (C=O) groups is 1. The molecule has 0 saturated carbocycles. The summed E-state index contributed by atoms with van der Waals surface area (Å²) in [7, 11) is 3.60. The summed E-state index contributed by atoms with van der Waals surface area (Å²) in [6, 6.07) is 6.13. The van der Waals surface area contributed by atoms with E-state index in [1.165, 1.54) is 5.56 Å². The lowest BCUT2D eigenvalue weighted by atomic mass is 10.1. The molecule has 0 saturated heterocycles. The van der Waals surface area contributed by atoms with Crippen LogP contribution in [0.3, 0.4) is 0 Å². The fourth-order valence-electron chi connectivity index (χ4n) is 1.82. The van der Waals surface area contributed by atoms with Crippen molar-refractivity contribution in [3.63, 3.8) is 0 Å². The van der Waals surface area contributed by atoms with Crippen LogP contribution >= 0.6 is 0 Å². The van der Waals surface area contributed by atoms with Gasteiger partial charge in [0.2, 0.25) is 0 Å². The number of amides is 1. The first-order valence-corrected chi connectivity index (χ1v) is 4.91. The van der Waals surface area contributed by atoms with Gasteiger partial charge < -0.3 is 9.88 Å². The monoisotopic (exact) mass is 202 g/mol. The average Bonchev–Trinajstić information content (AvgIpc) is 2.54. The third kappa shape index (κ3) is 1.50. The van der Waals surface area contributed by atoms with Crippen LogP contribution < -0.4 is 5.32 Å². The third-order valence-corrected chi connectivity index (χ3v) is 2.62. The van der Waals surface area contributed by atoms with Crippen LogP contribution in [-0.2, 0) is 7.05 Å². The lowest BCUT2D eigenvalue weighted by Crippen LogP contribution is -2.17. The predicted octanol–water partition coefficient (Wildman–Crippen LogP) is 1.85. The van der Waals surface area contributed by atoms with Crippen molar-refractivity contribution in [2.75, 3.05) is 7.05 Å². The van der Waals surface area contributed by atoms with Crippen molar-refractivity contribution in [2.24, 2.45) is 7.05 Å². The molecule has 0 spiro atoms. The standard InChI is InChI=1S/C12H14N2O/c1-8-4-5-11-9(6-8)10(7-14(11)3)12(15)13-2/h4-7H,1-3H3,(H,13,15). The van der Waals surface area contributed by atoms with Crippen molar-refractivity contribution >= 4 is 16.8 Å². The quantitative estimate of drug-likeness (QED) is 0.752. The fourth-order valence-corrected chi connectivity index (χ4v) is 1.82. The minimum atomic E-state index is -0.0359. The summed E-state index contributed by atoms with van der Waals surface area (Å²) >= 11 is 0. The highest BCUT2D eigenvalue weighted by molar-refractivity contribution is 6.07. The van der Waals surface area contributed by atoms with E-state index in [-0.39, 0.29) is 5.91 Å². The molecule has 1 heterocycles. The molecular formula is C12H14N2O. The van der Waals surface area contributed by atoms with Gasteiger partial charge in [-0.1, -0.05) is 11.6 Å². The van der Waals surface area contributed by atoms with Crippen LogP contribution in [0.25, 0.3) is 10.9 Å². The van der Waals surface area contributed by atoms with Gasteiger partial charge in [0.15, 0.2) is 0 Å². The maximum absolute atomic E-state index is 11.6. The number of aromatic nitrogens is 1. The Hall–Kier alpha value is -1.77. The van der Waals surface area contributed by atoms with Crippen LogP contribution in [0.1, 0.15) is 15.9 Å². The van der Waals surface area contributed by atoms with Gasteiger partial charge in [-0.25, -0.2) is 0 Å². The first-order valence-electron chi connectivity index (χ1n) is 4.91. The maximum atomic E-state index is 11.6. The molecule has 0 aliphatic rings. The van der Waals surface area contributed by atoms with Crippen molar-refractivity contribution in [3.05, 3.63) is 35.5 Å². The summed E-state index contributed by atoms with van der Waals surface area (Å²) in [5.74, 6) is -0.0359. The van der Waals surface area contributed by atoms with Gasteiger partial charge >= 0.3 is 0 Å².